The van der Waals surface area contributed by atoms with Gasteiger partial charge in [-0.2, -0.15) is 0 Å². The summed E-state index contributed by atoms with van der Waals surface area (Å²) in [5.41, 5.74) is 2.75. The molecule has 0 bridgehead atoms. The van der Waals surface area contributed by atoms with Crippen LogP contribution in [0, 0.1) is 0 Å². The predicted molar refractivity (Wildman–Crippen MR) is 84.2 cm³/mol. The summed E-state index contributed by atoms with van der Waals surface area (Å²) in [6, 6.07) is 14.2. The number of hydrogen-bond donors (Lipinski definition) is 0. The second-order valence-electron chi connectivity index (χ2n) is 6.31. The topological polar surface area (TPSA) is 9.23 Å². The maximum absolute atomic E-state index is 6.56. The third-order valence-corrected chi connectivity index (χ3v) is 10.1. The molecule has 3 rings (SSSR count). The first kappa shape index (κ1) is 12.7. The minimum Gasteiger partial charge on any atom is -0.542 e. The number of rotatable bonds is 2. The van der Waals surface area contributed by atoms with E-state index in [2.05, 4.69) is 64.1 Å². The molecule has 1 aliphatic rings. The van der Waals surface area contributed by atoms with E-state index in [1.807, 2.05) is 0 Å². The van der Waals surface area contributed by atoms with Crippen molar-refractivity contribution in [3.8, 4) is 5.75 Å². The van der Waals surface area contributed by atoms with Gasteiger partial charge in [0.15, 0.2) is 0 Å². The summed E-state index contributed by atoms with van der Waals surface area (Å²) in [5.74, 6) is 1.15. The molecule has 2 heteroatoms. The van der Waals surface area contributed by atoms with Crippen LogP contribution in [-0.4, -0.2) is 8.32 Å². The zero-order valence-corrected chi connectivity index (χ0v) is 13.2. The van der Waals surface area contributed by atoms with Crippen LogP contribution in [-0.2, 0) is 6.04 Å². The van der Waals surface area contributed by atoms with Crippen molar-refractivity contribution in [3.63, 3.8) is 0 Å². The third-order valence-electron chi connectivity index (χ3n) is 4.71. The van der Waals surface area contributed by atoms with Gasteiger partial charge in [0.2, 0.25) is 0 Å². The van der Waals surface area contributed by atoms with Crippen molar-refractivity contribution in [3.05, 3.63) is 42.0 Å². The van der Waals surface area contributed by atoms with Gasteiger partial charge in [0, 0.05) is 11.6 Å². The Morgan fingerprint density at radius 3 is 2.32 bits per heavy atom. The summed E-state index contributed by atoms with van der Waals surface area (Å²) in [6.45, 7) is 9.33. The first-order chi connectivity index (χ1) is 9.04. The molecular formula is C17H22OSi. The molecule has 0 spiro atoms. The van der Waals surface area contributed by atoms with Crippen LogP contribution in [0.25, 0.3) is 10.8 Å². The van der Waals surface area contributed by atoms with Gasteiger partial charge < -0.3 is 4.43 Å². The number of hydrogen-bond acceptors (Lipinski definition) is 1. The lowest BCUT2D eigenvalue weighted by atomic mass is 10.1. The van der Waals surface area contributed by atoms with Crippen LogP contribution < -0.4 is 4.43 Å². The Kier molecular flexibility index (Phi) is 2.93. The lowest BCUT2D eigenvalue weighted by Gasteiger charge is -2.33. The molecule has 0 saturated heterocycles. The molecule has 0 saturated carbocycles. The Morgan fingerprint density at radius 2 is 1.63 bits per heavy atom. The minimum absolute atomic E-state index is 0.652. The second-order valence-corrected chi connectivity index (χ2v) is 11.1. The van der Waals surface area contributed by atoms with Crippen LogP contribution in [0.2, 0.25) is 11.1 Å². The van der Waals surface area contributed by atoms with Crippen LogP contribution in [0.3, 0.4) is 0 Å². The van der Waals surface area contributed by atoms with Gasteiger partial charge in [0.1, 0.15) is 5.75 Å². The Morgan fingerprint density at radius 1 is 0.947 bits per heavy atom. The van der Waals surface area contributed by atoms with Gasteiger partial charge in [0.05, 0.1) is 0 Å². The predicted octanol–water partition coefficient (Wildman–Crippen LogP) is 5.08. The fraction of sp³-hybridized carbons (Fsp3) is 0.412. The molecule has 2 aromatic rings. The summed E-state index contributed by atoms with van der Waals surface area (Å²) in [7, 11) is -1.71. The zero-order valence-electron chi connectivity index (χ0n) is 12.2. The fourth-order valence-electron chi connectivity index (χ4n) is 3.42. The van der Waals surface area contributed by atoms with Crippen LogP contribution in [0.4, 0.5) is 0 Å². The van der Waals surface area contributed by atoms with E-state index in [-0.39, 0.29) is 0 Å². The Bertz CT molecular complexity index is 608. The highest BCUT2D eigenvalue weighted by Gasteiger charge is 2.48. The molecule has 0 amide bonds. The molecular weight excluding hydrogens is 248 g/mol. The normalized spacial score (nSPS) is 16.9. The lowest BCUT2D eigenvalue weighted by Crippen LogP contribution is -2.47. The van der Waals surface area contributed by atoms with Crippen LogP contribution in [0.5, 0.6) is 5.75 Å². The van der Waals surface area contributed by atoms with E-state index >= 15 is 0 Å². The first-order valence-electron chi connectivity index (χ1n) is 7.24. The van der Waals surface area contributed by atoms with Crippen molar-refractivity contribution in [2.75, 3.05) is 0 Å². The largest absolute Gasteiger partial charge is 0.542 e. The summed E-state index contributed by atoms with van der Waals surface area (Å²) >= 11 is 0. The Balaban J connectivity index is 2.16. The van der Waals surface area contributed by atoms with Gasteiger partial charge in [-0.05, 0) is 27.9 Å². The molecule has 0 radical (unpaired) electrons. The van der Waals surface area contributed by atoms with Crippen molar-refractivity contribution in [2.45, 2.75) is 44.8 Å². The zero-order chi connectivity index (χ0) is 13.6. The Labute approximate surface area is 116 Å². The summed E-state index contributed by atoms with van der Waals surface area (Å²) in [6.07, 6.45) is 0. The highest BCUT2D eigenvalue weighted by atomic mass is 28.4. The Hall–Kier alpha value is -1.28. The van der Waals surface area contributed by atoms with Gasteiger partial charge in [-0.25, -0.2) is 0 Å². The SMILES string of the molecule is CC(C)[Si]1(C(C)C)Cc2c(ccc3ccccc23)O1. The molecule has 2 aromatic carbocycles. The lowest BCUT2D eigenvalue weighted by molar-refractivity contribution is 0.520. The average molecular weight is 270 g/mol. The monoisotopic (exact) mass is 270 g/mol. The summed E-state index contributed by atoms with van der Waals surface area (Å²) < 4.78 is 6.56. The molecule has 1 heterocycles. The van der Waals surface area contributed by atoms with Crippen molar-refractivity contribution in [1.29, 1.82) is 0 Å². The summed E-state index contributed by atoms with van der Waals surface area (Å²) in [5, 5.41) is 2.72. The quantitative estimate of drug-likeness (QED) is 0.691. The van der Waals surface area contributed by atoms with E-state index in [1.54, 1.807) is 0 Å². The maximum atomic E-state index is 6.56. The van der Waals surface area contributed by atoms with Crippen molar-refractivity contribution in [2.24, 2.45) is 0 Å². The maximum Gasteiger partial charge on any atom is 0.260 e. The molecule has 19 heavy (non-hydrogen) atoms. The number of benzene rings is 2. The molecule has 0 fully saturated rings. The van der Waals surface area contributed by atoms with Gasteiger partial charge >= 0.3 is 0 Å². The van der Waals surface area contributed by atoms with Gasteiger partial charge in [-0.1, -0.05) is 58.0 Å². The van der Waals surface area contributed by atoms with E-state index in [0.29, 0.717) is 11.1 Å². The van der Waals surface area contributed by atoms with E-state index in [0.717, 1.165) is 5.75 Å². The highest BCUT2D eigenvalue weighted by Crippen LogP contribution is 2.46. The third kappa shape index (κ3) is 1.81. The number of fused-ring (bicyclic) bond motifs is 3. The molecule has 0 aliphatic carbocycles. The fourth-order valence-corrected chi connectivity index (χ4v) is 7.63. The second kappa shape index (κ2) is 4.38. The van der Waals surface area contributed by atoms with E-state index in [4.69, 9.17) is 4.43 Å². The molecule has 1 aliphatic heterocycles. The molecule has 1 nitrogen and oxygen atoms in total. The first-order valence-corrected chi connectivity index (χ1v) is 9.51. The van der Waals surface area contributed by atoms with Crippen LogP contribution in [0.1, 0.15) is 33.3 Å². The minimum atomic E-state index is -1.71. The van der Waals surface area contributed by atoms with E-state index in [1.165, 1.54) is 22.4 Å². The average Bonchev–Trinajstić information content (AvgIpc) is 2.80. The van der Waals surface area contributed by atoms with E-state index < -0.39 is 8.32 Å². The van der Waals surface area contributed by atoms with Crippen molar-refractivity contribution in [1.82, 2.24) is 0 Å². The van der Waals surface area contributed by atoms with Crippen molar-refractivity contribution < 1.29 is 4.43 Å². The molecule has 100 valence electrons. The van der Waals surface area contributed by atoms with Crippen molar-refractivity contribution >= 4 is 19.1 Å². The molecule has 0 N–H and O–H groups in total. The van der Waals surface area contributed by atoms with Crippen LogP contribution in [0.15, 0.2) is 36.4 Å². The smallest absolute Gasteiger partial charge is 0.260 e. The van der Waals surface area contributed by atoms with Gasteiger partial charge in [-0.15, -0.1) is 0 Å². The summed E-state index contributed by atoms with van der Waals surface area (Å²) in [4.78, 5) is 0. The van der Waals surface area contributed by atoms with Gasteiger partial charge in [0.25, 0.3) is 8.32 Å². The molecule has 0 aromatic heterocycles. The van der Waals surface area contributed by atoms with Gasteiger partial charge in [-0.3, -0.25) is 0 Å². The van der Waals surface area contributed by atoms with Crippen LogP contribution >= 0.6 is 0 Å². The standard InChI is InChI=1S/C17H22OSi/c1-12(2)19(13(3)4)11-16-15-8-6-5-7-14(15)9-10-17(16)18-19/h5-10,12-13H,11H2,1-4H3. The highest BCUT2D eigenvalue weighted by molar-refractivity contribution is 6.77. The molecule has 0 atom stereocenters. The molecule has 0 unspecified atom stereocenters. The van der Waals surface area contributed by atoms with E-state index in [9.17, 15) is 0 Å².